The molecule has 0 unspecified atom stereocenters. The maximum atomic E-state index is 12.4. The van der Waals surface area contributed by atoms with Crippen LogP contribution in [-0.2, 0) is 21.4 Å². The first kappa shape index (κ1) is 20.4. The van der Waals surface area contributed by atoms with Crippen molar-refractivity contribution in [3.63, 3.8) is 0 Å². The lowest BCUT2D eigenvalue weighted by molar-refractivity contribution is -0.129. The van der Waals surface area contributed by atoms with E-state index in [-0.39, 0.29) is 17.0 Å². The number of benzene rings is 2. The van der Waals surface area contributed by atoms with Gasteiger partial charge in [-0.05, 0) is 25.1 Å². The molecule has 7 nitrogen and oxygen atoms in total. The van der Waals surface area contributed by atoms with Crippen molar-refractivity contribution in [2.24, 2.45) is 0 Å². The number of ether oxygens (including phenoxy) is 1. The third-order valence-corrected chi connectivity index (χ3v) is 5.44. The van der Waals surface area contributed by atoms with E-state index in [2.05, 4.69) is 4.72 Å². The molecule has 0 aliphatic carbocycles. The summed E-state index contributed by atoms with van der Waals surface area (Å²) in [5.74, 6) is 0.250. The average Bonchev–Trinajstić information content (AvgIpc) is 2.66. The van der Waals surface area contributed by atoms with E-state index in [4.69, 9.17) is 10.00 Å². The number of amides is 1. The largest absolute Gasteiger partial charge is 0.496 e. The second-order valence-corrected chi connectivity index (χ2v) is 7.73. The molecule has 2 rings (SSSR count). The van der Waals surface area contributed by atoms with Gasteiger partial charge in [0, 0.05) is 19.2 Å². The fraction of sp³-hybridized carbons (Fsp3) is 0.263. The highest BCUT2D eigenvalue weighted by molar-refractivity contribution is 7.89. The van der Waals surface area contributed by atoms with Gasteiger partial charge in [-0.15, -0.1) is 0 Å². The Labute approximate surface area is 159 Å². The van der Waals surface area contributed by atoms with Gasteiger partial charge in [-0.3, -0.25) is 4.79 Å². The first-order chi connectivity index (χ1) is 12.8. The molecule has 0 saturated carbocycles. The zero-order valence-electron chi connectivity index (χ0n) is 15.4. The van der Waals surface area contributed by atoms with E-state index in [0.29, 0.717) is 5.75 Å². The summed E-state index contributed by atoms with van der Waals surface area (Å²) in [4.78, 5) is 13.6. The molecule has 0 bridgehead atoms. The van der Waals surface area contributed by atoms with Crippen molar-refractivity contribution in [3.8, 4) is 11.8 Å². The average molecular weight is 387 g/mol. The summed E-state index contributed by atoms with van der Waals surface area (Å²) >= 11 is 0. The van der Waals surface area contributed by atoms with Crippen molar-refractivity contribution in [1.29, 1.82) is 5.26 Å². The number of hydrogen-bond donors (Lipinski definition) is 1. The van der Waals surface area contributed by atoms with Gasteiger partial charge in [-0.1, -0.05) is 29.8 Å². The molecule has 0 spiro atoms. The molecule has 1 amide bonds. The van der Waals surface area contributed by atoms with Gasteiger partial charge in [-0.2, -0.15) is 5.26 Å². The number of carbonyl (C=O) groups is 1. The van der Waals surface area contributed by atoms with Crippen LogP contribution in [0.5, 0.6) is 5.75 Å². The predicted molar refractivity (Wildman–Crippen MR) is 101 cm³/mol. The summed E-state index contributed by atoms with van der Waals surface area (Å²) in [6.45, 7) is 1.80. The molecule has 2 aromatic rings. The minimum Gasteiger partial charge on any atom is -0.496 e. The first-order valence-corrected chi connectivity index (χ1v) is 9.63. The summed E-state index contributed by atoms with van der Waals surface area (Å²) in [7, 11) is -0.831. The number of nitriles is 1. The summed E-state index contributed by atoms with van der Waals surface area (Å²) < 4.78 is 32.3. The summed E-state index contributed by atoms with van der Waals surface area (Å²) in [5, 5.41) is 9.05. The van der Waals surface area contributed by atoms with Crippen LogP contribution in [0.25, 0.3) is 0 Å². The van der Waals surface area contributed by atoms with E-state index in [1.807, 2.05) is 31.2 Å². The fourth-order valence-electron chi connectivity index (χ4n) is 2.54. The van der Waals surface area contributed by atoms with Crippen molar-refractivity contribution in [2.75, 3.05) is 20.7 Å². The fourth-order valence-corrected chi connectivity index (χ4v) is 3.67. The Bertz CT molecular complexity index is 981. The van der Waals surface area contributed by atoms with E-state index in [1.165, 1.54) is 23.1 Å². The van der Waals surface area contributed by atoms with Gasteiger partial charge in [0.1, 0.15) is 11.8 Å². The smallest absolute Gasteiger partial charge is 0.242 e. The number of carbonyl (C=O) groups excluding carboxylic acids is 1. The lowest BCUT2D eigenvalue weighted by atomic mass is 10.1. The number of methoxy groups -OCH3 is 1. The SMILES string of the molecule is COc1ccc(C)cc1CN(C)C(=O)CNS(=O)(=O)c1ccccc1C#N. The van der Waals surface area contributed by atoms with Gasteiger partial charge in [-0.25, -0.2) is 13.1 Å². The zero-order valence-corrected chi connectivity index (χ0v) is 16.2. The van der Waals surface area contributed by atoms with Crippen LogP contribution in [0.1, 0.15) is 16.7 Å². The zero-order chi connectivity index (χ0) is 20.0. The molecule has 0 aliphatic rings. The molecule has 142 valence electrons. The molecule has 0 radical (unpaired) electrons. The van der Waals surface area contributed by atoms with Gasteiger partial charge in [0.2, 0.25) is 15.9 Å². The lowest BCUT2D eigenvalue weighted by Crippen LogP contribution is -2.38. The third-order valence-electron chi connectivity index (χ3n) is 3.98. The van der Waals surface area contributed by atoms with Crippen LogP contribution < -0.4 is 9.46 Å². The van der Waals surface area contributed by atoms with Gasteiger partial charge < -0.3 is 9.64 Å². The van der Waals surface area contributed by atoms with Crippen molar-refractivity contribution < 1.29 is 17.9 Å². The van der Waals surface area contributed by atoms with Crippen molar-refractivity contribution in [1.82, 2.24) is 9.62 Å². The number of sulfonamides is 1. The summed E-state index contributed by atoms with van der Waals surface area (Å²) in [5.41, 5.74) is 1.88. The highest BCUT2D eigenvalue weighted by Crippen LogP contribution is 2.21. The quantitative estimate of drug-likeness (QED) is 0.781. The van der Waals surface area contributed by atoms with Gasteiger partial charge in [0.05, 0.1) is 24.1 Å². The van der Waals surface area contributed by atoms with Crippen molar-refractivity contribution in [3.05, 3.63) is 59.2 Å². The number of nitrogens with one attached hydrogen (secondary N) is 1. The van der Waals surface area contributed by atoms with Crippen LogP contribution in [0.4, 0.5) is 0 Å². The number of rotatable bonds is 7. The maximum absolute atomic E-state index is 12.4. The Morgan fingerprint density at radius 2 is 1.96 bits per heavy atom. The molecule has 0 atom stereocenters. The molecule has 0 heterocycles. The standard InChI is InChI=1S/C19H21N3O4S/c1-14-8-9-17(26-3)16(10-14)13-22(2)19(23)12-21-27(24,25)18-7-5-4-6-15(18)11-20/h4-10,21H,12-13H2,1-3H3. The molecule has 0 aliphatic heterocycles. The van der Waals surface area contributed by atoms with E-state index < -0.39 is 22.5 Å². The molecule has 2 aromatic carbocycles. The van der Waals surface area contributed by atoms with E-state index >= 15 is 0 Å². The highest BCUT2D eigenvalue weighted by Gasteiger charge is 2.20. The Morgan fingerprint density at radius 3 is 2.63 bits per heavy atom. The Balaban J connectivity index is 2.07. The second-order valence-electron chi connectivity index (χ2n) is 6.00. The lowest BCUT2D eigenvalue weighted by Gasteiger charge is -2.19. The summed E-state index contributed by atoms with van der Waals surface area (Å²) in [6, 6.07) is 13.3. The molecule has 8 heteroatoms. The molecule has 1 N–H and O–H groups in total. The molecular formula is C19H21N3O4S. The van der Waals surface area contributed by atoms with Gasteiger partial charge >= 0.3 is 0 Å². The minimum absolute atomic E-state index is 0.0234. The Morgan fingerprint density at radius 1 is 1.26 bits per heavy atom. The maximum Gasteiger partial charge on any atom is 0.242 e. The van der Waals surface area contributed by atoms with E-state index in [0.717, 1.165) is 11.1 Å². The molecule has 0 aromatic heterocycles. The monoisotopic (exact) mass is 387 g/mol. The number of hydrogen-bond acceptors (Lipinski definition) is 5. The second kappa shape index (κ2) is 8.66. The number of aryl methyl sites for hydroxylation is 1. The summed E-state index contributed by atoms with van der Waals surface area (Å²) in [6.07, 6.45) is 0. The van der Waals surface area contributed by atoms with E-state index in [1.54, 1.807) is 20.2 Å². The van der Waals surface area contributed by atoms with Crippen molar-refractivity contribution >= 4 is 15.9 Å². The first-order valence-electron chi connectivity index (χ1n) is 8.14. The van der Waals surface area contributed by atoms with Crippen molar-refractivity contribution in [2.45, 2.75) is 18.4 Å². The predicted octanol–water partition coefficient (Wildman–Crippen LogP) is 1.81. The van der Waals surface area contributed by atoms with Crippen LogP contribution in [0.3, 0.4) is 0 Å². The van der Waals surface area contributed by atoms with Crippen LogP contribution in [-0.4, -0.2) is 39.9 Å². The van der Waals surface area contributed by atoms with Gasteiger partial charge in [0.25, 0.3) is 0 Å². The molecule has 27 heavy (non-hydrogen) atoms. The number of likely N-dealkylation sites (N-methyl/N-ethyl adjacent to an activating group) is 1. The molecular weight excluding hydrogens is 366 g/mol. The van der Waals surface area contributed by atoms with Crippen LogP contribution in [0, 0.1) is 18.3 Å². The van der Waals surface area contributed by atoms with Crippen LogP contribution in [0.2, 0.25) is 0 Å². The number of nitrogens with zero attached hydrogens (tertiary/aromatic N) is 2. The molecule has 0 saturated heterocycles. The minimum atomic E-state index is -3.97. The van der Waals surface area contributed by atoms with Crippen LogP contribution >= 0.6 is 0 Å². The van der Waals surface area contributed by atoms with E-state index in [9.17, 15) is 13.2 Å². The molecule has 0 fully saturated rings. The third kappa shape index (κ3) is 5.06. The topological polar surface area (TPSA) is 99.5 Å². The normalized spacial score (nSPS) is 10.9. The van der Waals surface area contributed by atoms with Crippen LogP contribution in [0.15, 0.2) is 47.4 Å². The van der Waals surface area contributed by atoms with Gasteiger partial charge in [0.15, 0.2) is 0 Å². The Hall–Kier alpha value is -2.89. The highest BCUT2D eigenvalue weighted by atomic mass is 32.2. The Kier molecular flexibility index (Phi) is 6.55.